The van der Waals surface area contributed by atoms with Gasteiger partial charge in [-0.25, -0.2) is 13.5 Å². The molecular weight excluding hydrogens is 412 g/mol. The Balaban J connectivity index is 1.49. The van der Waals surface area contributed by atoms with Crippen molar-refractivity contribution >= 4 is 11.8 Å². The summed E-state index contributed by atoms with van der Waals surface area (Å²) >= 11 is 0. The van der Waals surface area contributed by atoms with Crippen LogP contribution in [0.5, 0.6) is 5.75 Å². The fourth-order valence-electron chi connectivity index (χ4n) is 3.85. The summed E-state index contributed by atoms with van der Waals surface area (Å²) in [6.07, 6.45) is 0.942. The zero-order valence-electron chi connectivity index (χ0n) is 17.0. The molecule has 2 saturated heterocycles. The predicted octanol–water partition coefficient (Wildman–Crippen LogP) is 1.31. The quantitative estimate of drug-likeness (QED) is 0.704. The van der Waals surface area contributed by atoms with Gasteiger partial charge >= 0.3 is 0 Å². The molecular formula is C20H23F2N5O4. The first-order valence-electron chi connectivity index (χ1n) is 9.96. The van der Waals surface area contributed by atoms with Crippen LogP contribution in [0.2, 0.25) is 0 Å². The number of amides is 2. The third-order valence-corrected chi connectivity index (χ3v) is 5.41. The van der Waals surface area contributed by atoms with Crippen LogP contribution in [-0.2, 0) is 11.3 Å². The molecule has 0 bridgehead atoms. The molecule has 1 aromatic carbocycles. The highest BCUT2D eigenvalue weighted by atomic mass is 19.3. The second kappa shape index (κ2) is 8.58. The summed E-state index contributed by atoms with van der Waals surface area (Å²) in [5.74, 6) is -3.33. The maximum Gasteiger partial charge on any atom is 0.276 e. The van der Waals surface area contributed by atoms with Gasteiger partial charge in [-0.2, -0.15) is 0 Å². The molecule has 0 spiro atoms. The molecule has 2 aliphatic heterocycles. The van der Waals surface area contributed by atoms with Gasteiger partial charge in [0.2, 0.25) is 0 Å². The Hall–Kier alpha value is -3.08. The predicted molar refractivity (Wildman–Crippen MR) is 104 cm³/mol. The highest BCUT2D eigenvalue weighted by molar-refractivity contribution is 5.95. The van der Waals surface area contributed by atoms with Gasteiger partial charge in [0.05, 0.1) is 45.7 Å². The van der Waals surface area contributed by atoms with E-state index in [0.29, 0.717) is 32.1 Å². The van der Waals surface area contributed by atoms with Crippen molar-refractivity contribution in [1.82, 2.24) is 24.8 Å². The Labute approximate surface area is 177 Å². The first kappa shape index (κ1) is 21.2. The smallest absolute Gasteiger partial charge is 0.276 e. The normalized spacial score (nSPS) is 20.7. The number of carbonyl (C=O) groups is 2. The fourth-order valence-corrected chi connectivity index (χ4v) is 3.85. The molecule has 0 saturated carbocycles. The molecule has 2 amide bonds. The van der Waals surface area contributed by atoms with Gasteiger partial charge in [0.25, 0.3) is 17.7 Å². The van der Waals surface area contributed by atoms with E-state index >= 15 is 0 Å². The van der Waals surface area contributed by atoms with Crippen LogP contribution in [0, 0.1) is 0 Å². The maximum atomic E-state index is 14.2. The SMILES string of the molecule is COc1cccc(C(=O)N2CC(F)(F)CC2Cn2cc(C(=O)N3CCOCC3)nn2)c1. The minimum absolute atomic E-state index is 0.00862. The van der Waals surface area contributed by atoms with E-state index in [1.165, 1.54) is 24.1 Å². The van der Waals surface area contributed by atoms with Crippen molar-refractivity contribution in [2.75, 3.05) is 40.0 Å². The number of carbonyl (C=O) groups excluding carboxylic acids is 2. The van der Waals surface area contributed by atoms with E-state index < -0.39 is 30.8 Å². The summed E-state index contributed by atoms with van der Waals surface area (Å²) in [5.41, 5.74) is 0.404. The molecule has 3 heterocycles. The third kappa shape index (κ3) is 4.66. The second-order valence-corrected chi connectivity index (χ2v) is 7.61. The van der Waals surface area contributed by atoms with Gasteiger partial charge in [-0.1, -0.05) is 11.3 Å². The molecule has 31 heavy (non-hydrogen) atoms. The lowest BCUT2D eigenvalue weighted by atomic mass is 10.1. The number of rotatable bonds is 5. The molecule has 166 valence electrons. The van der Waals surface area contributed by atoms with Gasteiger partial charge in [0.15, 0.2) is 5.69 Å². The summed E-state index contributed by atoms with van der Waals surface area (Å²) in [7, 11) is 1.47. The number of nitrogens with zero attached hydrogens (tertiary/aromatic N) is 5. The highest BCUT2D eigenvalue weighted by Gasteiger charge is 2.47. The van der Waals surface area contributed by atoms with Crippen molar-refractivity contribution in [2.24, 2.45) is 0 Å². The number of hydrogen-bond donors (Lipinski definition) is 0. The van der Waals surface area contributed by atoms with E-state index in [1.807, 2.05) is 0 Å². The summed E-state index contributed by atoms with van der Waals surface area (Å²) in [5, 5.41) is 7.82. The Morgan fingerprint density at radius 1 is 1.26 bits per heavy atom. The standard InChI is InChI=1S/C20H23F2N5O4/c1-30-16-4-2-3-14(9-16)18(28)27-13-20(21,22)10-15(27)11-26-12-17(23-24-26)19(29)25-5-7-31-8-6-25/h2-4,9,12,15H,5-8,10-11,13H2,1H3. The molecule has 4 rings (SSSR count). The minimum atomic E-state index is -3.01. The number of methoxy groups -OCH3 is 1. The minimum Gasteiger partial charge on any atom is -0.497 e. The van der Waals surface area contributed by atoms with Crippen molar-refractivity contribution < 1.29 is 27.8 Å². The molecule has 2 aliphatic rings. The van der Waals surface area contributed by atoms with Crippen LogP contribution in [0.1, 0.15) is 27.3 Å². The monoisotopic (exact) mass is 435 g/mol. The number of aromatic nitrogens is 3. The average Bonchev–Trinajstić information content (AvgIpc) is 3.37. The van der Waals surface area contributed by atoms with Crippen LogP contribution < -0.4 is 4.74 Å². The molecule has 1 aromatic heterocycles. The lowest BCUT2D eigenvalue weighted by Crippen LogP contribution is -2.40. The van der Waals surface area contributed by atoms with Crippen LogP contribution in [-0.4, -0.2) is 88.5 Å². The molecule has 2 fully saturated rings. The summed E-state index contributed by atoms with van der Waals surface area (Å²) in [6, 6.07) is 5.60. The first-order chi connectivity index (χ1) is 14.9. The Kier molecular flexibility index (Phi) is 5.86. The van der Waals surface area contributed by atoms with Crippen LogP contribution in [0.4, 0.5) is 8.78 Å². The Morgan fingerprint density at radius 2 is 2.03 bits per heavy atom. The van der Waals surface area contributed by atoms with Crippen molar-refractivity contribution in [3.05, 3.63) is 41.7 Å². The van der Waals surface area contributed by atoms with E-state index in [9.17, 15) is 18.4 Å². The van der Waals surface area contributed by atoms with Crippen LogP contribution in [0.25, 0.3) is 0 Å². The lowest BCUT2D eigenvalue weighted by molar-refractivity contribution is 0.0117. The fraction of sp³-hybridized carbons (Fsp3) is 0.500. The van der Waals surface area contributed by atoms with Crippen LogP contribution >= 0.6 is 0 Å². The van der Waals surface area contributed by atoms with Crippen molar-refractivity contribution in [3.63, 3.8) is 0 Å². The van der Waals surface area contributed by atoms with E-state index in [-0.39, 0.29) is 23.7 Å². The Bertz CT molecular complexity index is 961. The number of morpholine rings is 1. The Morgan fingerprint density at radius 3 is 2.77 bits per heavy atom. The third-order valence-electron chi connectivity index (χ3n) is 5.41. The zero-order valence-corrected chi connectivity index (χ0v) is 17.0. The largest absolute Gasteiger partial charge is 0.497 e. The van der Waals surface area contributed by atoms with E-state index in [2.05, 4.69) is 10.3 Å². The number of halogens is 2. The zero-order chi connectivity index (χ0) is 22.0. The lowest BCUT2D eigenvalue weighted by Gasteiger charge is -2.25. The van der Waals surface area contributed by atoms with Gasteiger partial charge in [-0.15, -0.1) is 5.10 Å². The average molecular weight is 435 g/mol. The second-order valence-electron chi connectivity index (χ2n) is 7.61. The highest BCUT2D eigenvalue weighted by Crippen LogP contribution is 2.34. The number of benzene rings is 1. The number of alkyl halides is 2. The van der Waals surface area contributed by atoms with Crippen LogP contribution in [0.3, 0.4) is 0 Å². The molecule has 0 radical (unpaired) electrons. The maximum absolute atomic E-state index is 14.2. The van der Waals surface area contributed by atoms with E-state index in [4.69, 9.17) is 9.47 Å². The van der Waals surface area contributed by atoms with Crippen LogP contribution in [0.15, 0.2) is 30.5 Å². The van der Waals surface area contributed by atoms with Crippen molar-refractivity contribution in [3.8, 4) is 5.75 Å². The van der Waals surface area contributed by atoms with Crippen molar-refractivity contribution in [2.45, 2.75) is 24.9 Å². The molecule has 2 aromatic rings. The van der Waals surface area contributed by atoms with Crippen molar-refractivity contribution in [1.29, 1.82) is 0 Å². The number of hydrogen-bond acceptors (Lipinski definition) is 6. The van der Waals surface area contributed by atoms with Gasteiger partial charge < -0.3 is 19.3 Å². The summed E-state index contributed by atoms with van der Waals surface area (Å²) in [4.78, 5) is 28.2. The van der Waals surface area contributed by atoms with E-state index in [1.54, 1.807) is 23.1 Å². The number of likely N-dealkylation sites (tertiary alicyclic amines) is 1. The van der Waals surface area contributed by atoms with Gasteiger partial charge in [0.1, 0.15) is 5.75 Å². The van der Waals surface area contributed by atoms with Gasteiger partial charge in [-0.3, -0.25) is 9.59 Å². The molecule has 11 heteroatoms. The first-order valence-corrected chi connectivity index (χ1v) is 9.96. The van der Waals surface area contributed by atoms with E-state index in [0.717, 1.165) is 4.90 Å². The van der Waals surface area contributed by atoms with Gasteiger partial charge in [-0.05, 0) is 18.2 Å². The molecule has 1 atom stereocenters. The molecule has 1 unspecified atom stereocenters. The number of ether oxygens (including phenoxy) is 2. The topological polar surface area (TPSA) is 89.8 Å². The summed E-state index contributed by atoms with van der Waals surface area (Å²) in [6.45, 7) is 1.17. The molecule has 0 aliphatic carbocycles. The summed E-state index contributed by atoms with van der Waals surface area (Å²) < 4.78 is 40.1. The molecule has 9 nitrogen and oxygen atoms in total. The van der Waals surface area contributed by atoms with Gasteiger partial charge in [0, 0.05) is 25.1 Å². The molecule has 0 N–H and O–H groups in total.